The molecule has 0 heterocycles. The van der Waals surface area contributed by atoms with Crippen molar-refractivity contribution in [1.82, 2.24) is 0 Å². The van der Waals surface area contributed by atoms with E-state index in [0.717, 1.165) is 12.8 Å². The summed E-state index contributed by atoms with van der Waals surface area (Å²) in [6.07, 6.45) is 1.97. The molecule has 1 aromatic rings. The monoisotopic (exact) mass is 199 g/mol. The first-order valence-electron chi connectivity index (χ1n) is 5.47. The van der Waals surface area contributed by atoms with Crippen molar-refractivity contribution in [2.24, 2.45) is 5.41 Å². The van der Waals surface area contributed by atoms with E-state index in [4.69, 9.17) is 0 Å². The van der Waals surface area contributed by atoms with Crippen LogP contribution >= 0.6 is 0 Å². The van der Waals surface area contributed by atoms with Crippen LogP contribution in [0.2, 0.25) is 0 Å². The van der Waals surface area contributed by atoms with Gasteiger partial charge in [-0.2, -0.15) is 5.26 Å². The molecule has 0 unspecified atom stereocenters. The smallest absolute Gasteiger partial charge is 0.0835 e. The van der Waals surface area contributed by atoms with Crippen LogP contribution in [0.15, 0.2) is 24.3 Å². The molecule has 78 valence electrons. The number of nitriles is 1. The van der Waals surface area contributed by atoms with Crippen molar-refractivity contribution in [2.45, 2.75) is 39.0 Å². The molecule has 1 saturated carbocycles. The minimum atomic E-state index is -0.213. The van der Waals surface area contributed by atoms with Gasteiger partial charge in [0.15, 0.2) is 0 Å². The van der Waals surface area contributed by atoms with Crippen LogP contribution in [0.1, 0.15) is 37.8 Å². The molecule has 1 nitrogen and oxygen atoms in total. The Bertz CT molecular complexity index is 415. The highest BCUT2D eigenvalue weighted by atomic mass is 14.5. The third-order valence-corrected chi connectivity index (χ3v) is 3.44. The van der Waals surface area contributed by atoms with Crippen molar-refractivity contribution in [3.63, 3.8) is 0 Å². The van der Waals surface area contributed by atoms with Gasteiger partial charge in [-0.05, 0) is 36.3 Å². The van der Waals surface area contributed by atoms with E-state index in [0.29, 0.717) is 5.41 Å². The van der Waals surface area contributed by atoms with Gasteiger partial charge in [0.1, 0.15) is 0 Å². The fourth-order valence-electron chi connectivity index (χ4n) is 3.02. The van der Waals surface area contributed by atoms with E-state index in [1.807, 2.05) is 12.1 Å². The molecule has 0 N–H and O–H groups in total. The molecule has 2 rings (SSSR count). The molecule has 0 radical (unpaired) electrons. The Hall–Kier alpha value is -1.29. The maximum absolute atomic E-state index is 9.40. The van der Waals surface area contributed by atoms with Crippen molar-refractivity contribution >= 4 is 0 Å². The summed E-state index contributed by atoms with van der Waals surface area (Å²) in [4.78, 5) is 0. The fourth-order valence-corrected chi connectivity index (χ4v) is 3.02. The molecule has 1 fully saturated rings. The third kappa shape index (κ3) is 1.55. The summed E-state index contributed by atoms with van der Waals surface area (Å²) in [6, 6.07) is 10.8. The largest absolute Gasteiger partial charge is 0.197 e. The lowest BCUT2D eigenvalue weighted by atomic mass is 9.52. The number of hydrogen-bond acceptors (Lipinski definition) is 1. The zero-order valence-electron chi connectivity index (χ0n) is 9.67. The zero-order chi connectivity index (χ0) is 11.1. The first-order chi connectivity index (χ1) is 6.99. The minimum Gasteiger partial charge on any atom is -0.197 e. The van der Waals surface area contributed by atoms with E-state index in [1.165, 1.54) is 11.1 Å². The summed E-state index contributed by atoms with van der Waals surface area (Å²) in [5.74, 6) is 0. The van der Waals surface area contributed by atoms with Gasteiger partial charge >= 0.3 is 0 Å². The van der Waals surface area contributed by atoms with Crippen LogP contribution in [0.4, 0.5) is 0 Å². The predicted octanol–water partition coefficient (Wildman–Crippen LogP) is 3.58. The second-order valence-electron chi connectivity index (χ2n) is 5.53. The van der Waals surface area contributed by atoms with Gasteiger partial charge in [0.2, 0.25) is 0 Å². The van der Waals surface area contributed by atoms with Crippen molar-refractivity contribution in [3.05, 3.63) is 35.4 Å². The van der Waals surface area contributed by atoms with E-state index in [1.54, 1.807) is 0 Å². The molecule has 1 heteroatoms. The molecule has 1 aliphatic carbocycles. The van der Waals surface area contributed by atoms with Gasteiger partial charge < -0.3 is 0 Å². The SMILES string of the molecule is Cc1ccccc1C1(C#N)CC(C)(C)C1. The molecular formula is C14H17N. The summed E-state index contributed by atoms with van der Waals surface area (Å²) in [5.41, 5.74) is 2.59. The van der Waals surface area contributed by atoms with Crippen molar-refractivity contribution in [1.29, 1.82) is 5.26 Å². The van der Waals surface area contributed by atoms with E-state index in [2.05, 4.69) is 39.0 Å². The number of rotatable bonds is 1. The first-order valence-corrected chi connectivity index (χ1v) is 5.47. The summed E-state index contributed by atoms with van der Waals surface area (Å²) in [5, 5.41) is 9.40. The van der Waals surface area contributed by atoms with Gasteiger partial charge in [0.05, 0.1) is 11.5 Å². The number of hydrogen-bond donors (Lipinski definition) is 0. The molecule has 0 atom stereocenters. The summed E-state index contributed by atoms with van der Waals surface area (Å²) in [6.45, 7) is 6.57. The lowest BCUT2D eigenvalue weighted by Crippen LogP contribution is -2.45. The minimum absolute atomic E-state index is 0.213. The van der Waals surface area contributed by atoms with Crippen LogP contribution in [0.25, 0.3) is 0 Å². The van der Waals surface area contributed by atoms with Crippen LogP contribution in [0.5, 0.6) is 0 Å². The van der Waals surface area contributed by atoms with Crippen LogP contribution in [-0.4, -0.2) is 0 Å². The second kappa shape index (κ2) is 3.10. The Balaban J connectivity index is 2.39. The average Bonchev–Trinajstić information content (AvgIpc) is 2.14. The lowest BCUT2D eigenvalue weighted by Gasteiger charge is -2.49. The van der Waals surface area contributed by atoms with Crippen molar-refractivity contribution in [2.75, 3.05) is 0 Å². The highest BCUT2D eigenvalue weighted by molar-refractivity contribution is 5.42. The van der Waals surface area contributed by atoms with Crippen molar-refractivity contribution in [3.8, 4) is 6.07 Å². The molecule has 0 aliphatic heterocycles. The Kier molecular flexibility index (Phi) is 2.12. The molecule has 15 heavy (non-hydrogen) atoms. The summed E-state index contributed by atoms with van der Waals surface area (Å²) in [7, 11) is 0. The van der Waals surface area contributed by atoms with Crippen LogP contribution in [0.3, 0.4) is 0 Å². The second-order valence-corrected chi connectivity index (χ2v) is 5.53. The van der Waals surface area contributed by atoms with E-state index in [9.17, 15) is 5.26 Å². The Morgan fingerprint density at radius 3 is 2.27 bits per heavy atom. The molecule has 1 aliphatic rings. The Morgan fingerprint density at radius 2 is 1.80 bits per heavy atom. The third-order valence-electron chi connectivity index (χ3n) is 3.44. The molecule has 0 bridgehead atoms. The topological polar surface area (TPSA) is 23.8 Å². The van der Waals surface area contributed by atoms with Crippen LogP contribution in [-0.2, 0) is 5.41 Å². The van der Waals surface area contributed by atoms with Gasteiger partial charge in [-0.3, -0.25) is 0 Å². The van der Waals surface area contributed by atoms with Gasteiger partial charge in [-0.25, -0.2) is 0 Å². The van der Waals surface area contributed by atoms with Crippen LogP contribution in [0, 0.1) is 23.7 Å². The molecular weight excluding hydrogens is 182 g/mol. The summed E-state index contributed by atoms with van der Waals surface area (Å²) < 4.78 is 0. The normalized spacial score (nSPS) is 21.5. The Morgan fingerprint density at radius 1 is 1.20 bits per heavy atom. The highest BCUT2D eigenvalue weighted by Crippen LogP contribution is 2.55. The average molecular weight is 199 g/mol. The number of benzene rings is 1. The zero-order valence-corrected chi connectivity index (χ0v) is 9.67. The highest BCUT2D eigenvalue weighted by Gasteiger charge is 2.51. The van der Waals surface area contributed by atoms with Gasteiger partial charge in [-0.1, -0.05) is 38.1 Å². The molecule has 0 aromatic heterocycles. The quantitative estimate of drug-likeness (QED) is 0.678. The van der Waals surface area contributed by atoms with E-state index >= 15 is 0 Å². The maximum atomic E-state index is 9.40. The van der Waals surface area contributed by atoms with Gasteiger partial charge in [-0.15, -0.1) is 0 Å². The first kappa shape index (κ1) is 10.2. The van der Waals surface area contributed by atoms with E-state index in [-0.39, 0.29) is 5.41 Å². The lowest BCUT2D eigenvalue weighted by molar-refractivity contribution is 0.0994. The fraction of sp³-hybridized carbons (Fsp3) is 0.500. The molecule has 0 spiro atoms. The maximum Gasteiger partial charge on any atom is 0.0835 e. The molecule has 0 amide bonds. The Labute approximate surface area is 91.7 Å². The van der Waals surface area contributed by atoms with Crippen molar-refractivity contribution < 1.29 is 0 Å². The molecule has 0 saturated heterocycles. The van der Waals surface area contributed by atoms with Crippen LogP contribution < -0.4 is 0 Å². The van der Waals surface area contributed by atoms with Gasteiger partial charge in [0.25, 0.3) is 0 Å². The predicted molar refractivity (Wildman–Crippen MR) is 61.5 cm³/mol. The van der Waals surface area contributed by atoms with Gasteiger partial charge in [0, 0.05) is 0 Å². The van der Waals surface area contributed by atoms with E-state index < -0.39 is 0 Å². The summed E-state index contributed by atoms with van der Waals surface area (Å²) >= 11 is 0. The number of aryl methyl sites for hydroxylation is 1. The molecule has 1 aromatic carbocycles. The standard InChI is InChI=1S/C14H17N/c1-11-6-4-5-7-12(11)14(10-15)8-13(2,3)9-14/h4-7H,8-9H2,1-3H3. The number of nitrogens with zero attached hydrogens (tertiary/aromatic N) is 1.